The maximum absolute atomic E-state index is 13.7. The molecule has 2 aromatic rings. The fraction of sp³-hybridized carbons (Fsp3) is 0.435. The average molecular weight is 461 g/mol. The number of amides is 1. The van der Waals surface area contributed by atoms with Crippen molar-refractivity contribution in [2.45, 2.75) is 27.3 Å². The molecule has 33 heavy (non-hydrogen) atoms. The quantitative estimate of drug-likeness (QED) is 0.556. The molecule has 0 spiro atoms. The molecule has 2 rings (SSSR count). The lowest BCUT2D eigenvalue weighted by Gasteiger charge is -2.25. The van der Waals surface area contributed by atoms with E-state index in [0.29, 0.717) is 17.1 Å². The van der Waals surface area contributed by atoms with E-state index < -0.39 is 17.2 Å². The second-order valence-electron chi connectivity index (χ2n) is 7.75. The highest BCUT2D eigenvalue weighted by Gasteiger charge is 2.27. The minimum absolute atomic E-state index is 0.0375. The lowest BCUT2D eigenvalue weighted by Crippen LogP contribution is -2.43. The minimum Gasteiger partial charge on any atom is -0.493 e. The molecule has 0 fully saturated rings. The number of nitrogens with two attached hydrogens (primary N) is 1. The number of anilines is 2. The van der Waals surface area contributed by atoms with Crippen LogP contribution >= 0.6 is 0 Å². The lowest BCUT2D eigenvalue weighted by molar-refractivity contribution is 0.0975. The third kappa shape index (κ3) is 5.64. The molecule has 0 aliphatic heterocycles. The summed E-state index contributed by atoms with van der Waals surface area (Å²) in [6, 6.07) is 3.17. The highest BCUT2D eigenvalue weighted by atomic mass is 16.5. The number of rotatable bonds is 10. The van der Waals surface area contributed by atoms with Crippen LogP contribution in [0.5, 0.6) is 11.5 Å². The Labute approximate surface area is 192 Å². The molecule has 0 bridgehead atoms. The number of aromatic nitrogens is 2. The molecule has 1 amide bonds. The Morgan fingerprint density at radius 1 is 1.21 bits per heavy atom. The standard InChI is InChI=1S/C23H32N4O6/c1-7-8-15-11-16(12-17(32-5)19(15)33-6)22(29)26(9-10-31-4)18-20(24)27(13-14(2)3)23(30)25-21(18)28/h7-8,11-12,14H,9-10,13,24H2,1-6H3,(H,25,28,30)/b8-7+. The Morgan fingerprint density at radius 3 is 2.45 bits per heavy atom. The molecule has 1 aromatic heterocycles. The van der Waals surface area contributed by atoms with Crippen LogP contribution in [0.25, 0.3) is 6.08 Å². The first-order valence-electron chi connectivity index (χ1n) is 10.5. The van der Waals surface area contributed by atoms with Gasteiger partial charge in [-0.25, -0.2) is 4.79 Å². The molecule has 0 saturated heterocycles. The smallest absolute Gasteiger partial charge is 0.330 e. The largest absolute Gasteiger partial charge is 0.493 e. The van der Waals surface area contributed by atoms with Gasteiger partial charge in [0.05, 0.1) is 20.8 Å². The Bertz CT molecular complexity index is 1130. The highest BCUT2D eigenvalue weighted by molar-refractivity contribution is 6.08. The molecular formula is C23H32N4O6. The number of H-pyrrole nitrogens is 1. The number of aromatic amines is 1. The van der Waals surface area contributed by atoms with Crippen molar-refractivity contribution in [1.29, 1.82) is 0 Å². The van der Waals surface area contributed by atoms with Gasteiger partial charge in [0.25, 0.3) is 11.5 Å². The van der Waals surface area contributed by atoms with Crippen LogP contribution in [0.4, 0.5) is 11.5 Å². The molecule has 180 valence electrons. The van der Waals surface area contributed by atoms with Crippen molar-refractivity contribution in [3.63, 3.8) is 0 Å². The Balaban J connectivity index is 2.73. The fourth-order valence-corrected chi connectivity index (χ4v) is 3.46. The van der Waals surface area contributed by atoms with Gasteiger partial charge >= 0.3 is 5.69 Å². The van der Waals surface area contributed by atoms with E-state index in [4.69, 9.17) is 19.9 Å². The summed E-state index contributed by atoms with van der Waals surface area (Å²) < 4.78 is 17.3. The zero-order valence-electron chi connectivity index (χ0n) is 19.9. The van der Waals surface area contributed by atoms with Crippen LogP contribution in [0.2, 0.25) is 0 Å². The van der Waals surface area contributed by atoms with E-state index in [0.717, 1.165) is 0 Å². The van der Waals surface area contributed by atoms with Crippen LogP contribution in [0.3, 0.4) is 0 Å². The van der Waals surface area contributed by atoms with Crippen LogP contribution in [-0.2, 0) is 11.3 Å². The van der Waals surface area contributed by atoms with Gasteiger partial charge in [-0.05, 0) is 25.0 Å². The van der Waals surface area contributed by atoms with E-state index in [1.54, 1.807) is 18.2 Å². The number of carbonyl (C=O) groups excluding carboxylic acids is 1. The Morgan fingerprint density at radius 2 is 1.91 bits per heavy atom. The molecule has 1 aromatic carbocycles. The van der Waals surface area contributed by atoms with E-state index in [9.17, 15) is 14.4 Å². The van der Waals surface area contributed by atoms with Gasteiger partial charge < -0.3 is 19.9 Å². The molecule has 0 aliphatic rings. The van der Waals surface area contributed by atoms with Gasteiger partial charge in [-0.1, -0.05) is 26.0 Å². The SMILES string of the molecule is C/C=C/c1cc(C(=O)N(CCOC)c2c(N)n(CC(C)C)c(=O)[nH]c2=O)cc(OC)c1OC. The topological polar surface area (TPSA) is 129 Å². The maximum atomic E-state index is 13.7. The first kappa shape index (κ1) is 25.7. The van der Waals surface area contributed by atoms with Gasteiger partial charge in [-0.3, -0.25) is 24.0 Å². The van der Waals surface area contributed by atoms with Crippen LogP contribution in [0, 0.1) is 5.92 Å². The van der Waals surface area contributed by atoms with Gasteiger partial charge in [0.1, 0.15) is 5.82 Å². The monoisotopic (exact) mass is 460 g/mol. The van der Waals surface area contributed by atoms with Crippen molar-refractivity contribution in [2.75, 3.05) is 45.1 Å². The van der Waals surface area contributed by atoms with Crippen LogP contribution in [0.1, 0.15) is 36.7 Å². The molecule has 0 aliphatic carbocycles. The van der Waals surface area contributed by atoms with E-state index in [1.165, 1.54) is 36.9 Å². The van der Waals surface area contributed by atoms with Crippen LogP contribution in [-0.4, -0.2) is 49.9 Å². The highest BCUT2D eigenvalue weighted by Crippen LogP contribution is 2.34. The molecular weight excluding hydrogens is 428 g/mol. The summed E-state index contributed by atoms with van der Waals surface area (Å²) in [7, 11) is 4.46. The fourth-order valence-electron chi connectivity index (χ4n) is 3.46. The molecule has 10 heteroatoms. The summed E-state index contributed by atoms with van der Waals surface area (Å²) in [6.45, 7) is 6.12. The van der Waals surface area contributed by atoms with Gasteiger partial charge in [0.15, 0.2) is 17.2 Å². The van der Waals surface area contributed by atoms with Crippen molar-refractivity contribution in [2.24, 2.45) is 5.92 Å². The third-order valence-corrected chi connectivity index (χ3v) is 4.90. The van der Waals surface area contributed by atoms with Gasteiger partial charge in [-0.2, -0.15) is 0 Å². The zero-order valence-corrected chi connectivity index (χ0v) is 19.9. The van der Waals surface area contributed by atoms with E-state index >= 15 is 0 Å². The van der Waals surface area contributed by atoms with Crippen molar-refractivity contribution < 1.29 is 19.0 Å². The third-order valence-electron chi connectivity index (χ3n) is 4.90. The Kier molecular flexibility index (Phi) is 8.86. The number of methoxy groups -OCH3 is 3. The number of benzene rings is 1. The predicted molar refractivity (Wildman–Crippen MR) is 128 cm³/mol. The average Bonchev–Trinajstić information content (AvgIpc) is 2.77. The number of nitrogens with zero attached hydrogens (tertiary/aromatic N) is 2. The van der Waals surface area contributed by atoms with E-state index in [1.807, 2.05) is 20.8 Å². The van der Waals surface area contributed by atoms with Crippen molar-refractivity contribution >= 4 is 23.5 Å². The molecule has 0 radical (unpaired) electrons. The van der Waals surface area contributed by atoms with Crippen molar-refractivity contribution in [3.8, 4) is 11.5 Å². The summed E-state index contributed by atoms with van der Waals surface area (Å²) >= 11 is 0. The van der Waals surface area contributed by atoms with Gasteiger partial charge in [-0.15, -0.1) is 0 Å². The first-order chi connectivity index (χ1) is 15.7. The predicted octanol–water partition coefficient (Wildman–Crippen LogP) is 2.12. The van der Waals surface area contributed by atoms with Crippen molar-refractivity contribution in [1.82, 2.24) is 9.55 Å². The van der Waals surface area contributed by atoms with Crippen LogP contribution < -0.4 is 31.4 Å². The molecule has 10 nitrogen and oxygen atoms in total. The van der Waals surface area contributed by atoms with Gasteiger partial charge in [0, 0.05) is 31.3 Å². The second kappa shape index (κ2) is 11.4. The maximum Gasteiger partial charge on any atom is 0.330 e. The molecule has 0 saturated carbocycles. The number of ether oxygens (including phenoxy) is 3. The molecule has 0 atom stereocenters. The zero-order chi connectivity index (χ0) is 24.7. The first-order valence-corrected chi connectivity index (χ1v) is 10.5. The molecule has 0 unspecified atom stereocenters. The number of allylic oxidation sites excluding steroid dienone is 1. The summed E-state index contributed by atoms with van der Waals surface area (Å²) in [5.41, 5.74) is 5.63. The minimum atomic E-state index is -0.754. The summed E-state index contributed by atoms with van der Waals surface area (Å²) in [5, 5.41) is 0. The van der Waals surface area contributed by atoms with E-state index in [2.05, 4.69) is 4.98 Å². The number of nitrogens with one attached hydrogen (secondary N) is 1. The van der Waals surface area contributed by atoms with Crippen LogP contribution in [0.15, 0.2) is 27.8 Å². The summed E-state index contributed by atoms with van der Waals surface area (Å²) in [5.74, 6) is 0.316. The number of nitrogen functional groups attached to an aromatic ring is 1. The van der Waals surface area contributed by atoms with Crippen molar-refractivity contribution in [3.05, 3.63) is 50.2 Å². The second-order valence-corrected chi connectivity index (χ2v) is 7.75. The summed E-state index contributed by atoms with van der Waals surface area (Å²) in [4.78, 5) is 42.3. The normalized spacial score (nSPS) is 11.2. The van der Waals surface area contributed by atoms with E-state index in [-0.39, 0.29) is 42.7 Å². The number of hydrogen-bond acceptors (Lipinski definition) is 7. The van der Waals surface area contributed by atoms with Gasteiger partial charge in [0.2, 0.25) is 0 Å². The molecule has 3 N–H and O–H groups in total. The molecule has 1 heterocycles. The Hall–Kier alpha value is -3.53. The number of hydrogen-bond donors (Lipinski definition) is 2. The lowest BCUT2D eigenvalue weighted by atomic mass is 10.1. The number of carbonyl (C=O) groups is 1. The summed E-state index contributed by atoms with van der Waals surface area (Å²) in [6.07, 6.45) is 3.58.